The zero-order chi connectivity index (χ0) is 13.0. The number of carboxylic acids is 1. The maximum Gasteiger partial charge on any atom is 0.337 e. The van der Waals surface area contributed by atoms with E-state index in [1.54, 1.807) is 42.9 Å². The van der Waals surface area contributed by atoms with E-state index in [0.29, 0.717) is 5.56 Å². The lowest BCUT2D eigenvalue weighted by Gasteiger charge is -2.11. The number of hydrogen-bond acceptors (Lipinski definition) is 4. The van der Waals surface area contributed by atoms with Crippen molar-refractivity contribution in [2.24, 2.45) is 0 Å². The van der Waals surface area contributed by atoms with Crippen LogP contribution >= 0.6 is 0 Å². The van der Waals surface area contributed by atoms with Crippen LogP contribution in [0.3, 0.4) is 0 Å². The Morgan fingerprint density at radius 2 is 2.00 bits per heavy atom. The van der Waals surface area contributed by atoms with Gasteiger partial charge < -0.3 is 9.84 Å². The second kappa shape index (κ2) is 5.37. The van der Waals surface area contributed by atoms with Crippen molar-refractivity contribution in [1.82, 2.24) is 9.97 Å². The van der Waals surface area contributed by atoms with Crippen molar-refractivity contribution in [1.29, 1.82) is 0 Å². The lowest BCUT2D eigenvalue weighted by atomic mass is 10.1. The molecular formula is C13H12N2O3. The van der Waals surface area contributed by atoms with Gasteiger partial charge in [-0.25, -0.2) is 4.79 Å². The van der Waals surface area contributed by atoms with Crippen LogP contribution in [0.4, 0.5) is 0 Å². The van der Waals surface area contributed by atoms with Gasteiger partial charge in [0.05, 0.1) is 11.9 Å². The summed E-state index contributed by atoms with van der Waals surface area (Å²) in [5.41, 5.74) is 2.22. The molecule has 0 amide bonds. The van der Waals surface area contributed by atoms with E-state index in [1.165, 1.54) is 7.11 Å². The lowest BCUT2D eigenvalue weighted by Crippen LogP contribution is -2.13. The molecule has 1 heterocycles. The number of hydrogen-bond donors (Lipinski definition) is 1. The highest BCUT2D eigenvalue weighted by atomic mass is 16.5. The monoisotopic (exact) mass is 244 g/mol. The van der Waals surface area contributed by atoms with E-state index in [-0.39, 0.29) is 0 Å². The van der Waals surface area contributed by atoms with Crippen LogP contribution in [0.15, 0.2) is 42.9 Å². The van der Waals surface area contributed by atoms with Gasteiger partial charge in [-0.3, -0.25) is 9.97 Å². The summed E-state index contributed by atoms with van der Waals surface area (Å²) in [6, 6.07) is 7.03. The van der Waals surface area contributed by atoms with Crippen LogP contribution in [0.2, 0.25) is 0 Å². The molecule has 1 unspecified atom stereocenters. The third-order valence-corrected chi connectivity index (χ3v) is 2.53. The third-order valence-electron chi connectivity index (χ3n) is 2.53. The highest BCUT2D eigenvalue weighted by molar-refractivity contribution is 5.74. The molecular weight excluding hydrogens is 232 g/mol. The molecule has 5 nitrogen and oxygen atoms in total. The minimum atomic E-state index is -1.01. The lowest BCUT2D eigenvalue weighted by molar-refractivity contribution is -0.148. The highest BCUT2D eigenvalue weighted by Gasteiger charge is 2.18. The number of methoxy groups -OCH3 is 1. The standard InChI is InChI=1S/C13H12N2O3/c1-18-12(13(16)17)10-4-2-9(3-5-10)11-8-14-6-7-15-11/h2-8,12H,1H3,(H,16,17). The summed E-state index contributed by atoms with van der Waals surface area (Å²) in [5, 5.41) is 8.97. The summed E-state index contributed by atoms with van der Waals surface area (Å²) < 4.78 is 4.92. The van der Waals surface area contributed by atoms with Gasteiger partial charge in [-0.1, -0.05) is 24.3 Å². The molecule has 1 atom stereocenters. The summed E-state index contributed by atoms with van der Waals surface area (Å²) in [6.07, 6.45) is 3.92. The maximum absolute atomic E-state index is 10.9. The van der Waals surface area contributed by atoms with Crippen LogP contribution in [0.25, 0.3) is 11.3 Å². The Kier molecular flexibility index (Phi) is 3.64. The van der Waals surface area contributed by atoms with E-state index in [0.717, 1.165) is 11.3 Å². The smallest absolute Gasteiger partial charge is 0.337 e. The fraction of sp³-hybridized carbons (Fsp3) is 0.154. The first-order valence-electron chi connectivity index (χ1n) is 5.34. The summed E-state index contributed by atoms with van der Waals surface area (Å²) in [5.74, 6) is -1.01. The summed E-state index contributed by atoms with van der Waals surface area (Å²) in [4.78, 5) is 19.1. The molecule has 18 heavy (non-hydrogen) atoms. The summed E-state index contributed by atoms with van der Waals surface area (Å²) in [7, 11) is 1.37. The Hall–Kier alpha value is -2.27. The Balaban J connectivity index is 2.28. The van der Waals surface area contributed by atoms with Crippen molar-refractivity contribution < 1.29 is 14.6 Å². The number of carboxylic acid groups (broad SMARTS) is 1. The zero-order valence-electron chi connectivity index (χ0n) is 9.78. The fourth-order valence-electron chi connectivity index (χ4n) is 1.66. The highest BCUT2D eigenvalue weighted by Crippen LogP contribution is 2.21. The van der Waals surface area contributed by atoms with Crippen molar-refractivity contribution in [3.63, 3.8) is 0 Å². The molecule has 1 aromatic carbocycles. The molecule has 1 aromatic heterocycles. The molecule has 5 heteroatoms. The fourth-order valence-corrected chi connectivity index (χ4v) is 1.66. The molecule has 0 bridgehead atoms. The number of benzene rings is 1. The van der Waals surface area contributed by atoms with Crippen LogP contribution < -0.4 is 0 Å². The van der Waals surface area contributed by atoms with Crippen LogP contribution in [-0.4, -0.2) is 28.2 Å². The third kappa shape index (κ3) is 2.52. The van der Waals surface area contributed by atoms with E-state index < -0.39 is 12.1 Å². The van der Waals surface area contributed by atoms with Crippen molar-refractivity contribution in [3.8, 4) is 11.3 Å². The first kappa shape index (κ1) is 12.2. The molecule has 0 saturated heterocycles. The average Bonchev–Trinajstić information content (AvgIpc) is 2.41. The number of aliphatic carboxylic acids is 1. The van der Waals surface area contributed by atoms with Gasteiger partial charge in [-0.15, -0.1) is 0 Å². The maximum atomic E-state index is 10.9. The minimum Gasteiger partial charge on any atom is -0.479 e. The number of rotatable bonds is 4. The Morgan fingerprint density at radius 3 is 2.50 bits per heavy atom. The zero-order valence-corrected chi connectivity index (χ0v) is 9.78. The van der Waals surface area contributed by atoms with E-state index in [1.807, 2.05) is 0 Å². The number of ether oxygens (including phenoxy) is 1. The van der Waals surface area contributed by atoms with Gasteiger partial charge in [0, 0.05) is 25.1 Å². The normalized spacial score (nSPS) is 12.1. The van der Waals surface area contributed by atoms with E-state index >= 15 is 0 Å². The summed E-state index contributed by atoms with van der Waals surface area (Å²) in [6.45, 7) is 0. The Bertz CT molecular complexity index is 526. The largest absolute Gasteiger partial charge is 0.479 e. The topological polar surface area (TPSA) is 72.3 Å². The van der Waals surface area contributed by atoms with Crippen LogP contribution in [-0.2, 0) is 9.53 Å². The second-order valence-electron chi connectivity index (χ2n) is 3.67. The molecule has 0 spiro atoms. The molecule has 0 fully saturated rings. The van der Waals surface area contributed by atoms with Gasteiger partial charge in [0.1, 0.15) is 0 Å². The first-order chi connectivity index (χ1) is 8.72. The molecule has 0 radical (unpaired) electrons. The van der Waals surface area contributed by atoms with Gasteiger partial charge in [-0.05, 0) is 5.56 Å². The van der Waals surface area contributed by atoms with Gasteiger partial charge >= 0.3 is 5.97 Å². The average molecular weight is 244 g/mol. The SMILES string of the molecule is COC(C(=O)O)c1ccc(-c2cnccn2)cc1. The molecule has 0 aliphatic rings. The van der Waals surface area contributed by atoms with Crippen LogP contribution in [0.1, 0.15) is 11.7 Å². The number of nitrogens with zero attached hydrogens (tertiary/aromatic N) is 2. The van der Waals surface area contributed by atoms with Gasteiger partial charge in [-0.2, -0.15) is 0 Å². The summed E-state index contributed by atoms with van der Waals surface area (Å²) >= 11 is 0. The molecule has 2 rings (SSSR count). The van der Waals surface area contributed by atoms with Crippen molar-refractivity contribution >= 4 is 5.97 Å². The number of carbonyl (C=O) groups is 1. The van der Waals surface area contributed by atoms with E-state index in [2.05, 4.69) is 9.97 Å². The van der Waals surface area contributed by atoms with Crippen LogP contribution in [0.5, 0.6) is 0 Å². The van der Waals surface area contributed by atoms with Crippen molar-refractivity contribution in [2.75, 3.05) is 7.11 Å². The molecule has 0 aliphatic heterocycles. The number of aromatic nitrogens is 2. The molecule has 2 aromatic rings. The van der Waals surface area contributed by atoms with Gasteiger partial charge in [0.15, 0.2) is 6.10 Å². The van der Waals surface area contributed by atoms with Gasteiger partial charge in [0.25, 0.3) is 0 Å². The Morgan fingerprint density at radius 1 is 1.28 bits per heavy atom. The van der Waals surface area contributed by atoms with Crippen molar-refractivity contribution in [3.05, 3.63) is 48.4 Å². The molecule has 92 valence electrons. The quantitative estimate of drug-likeness (QED) is 0.889. The molecule has 0 saturated carbocycles. The Labute approximate surface area is 104 Å². The molecule has 1 N–H and O–H groups in total. The van der Waals surface area contributed by atoms with Crippen molar-refractivity contribution in [2.45, 2.75) is 6.10 Å². The van der Waals surface area contributed by atoms with Gasteiger partial charge in [0.2, 0.25) is 0 Å². The van der Waals surface area contributed by atoms with E-state index in [9.17, 15) is 4.79 Å². The van der Waals surface area contributed by atoms with E-state index in [4.69, 9.17) is 9.84 Å². The predicted octanol–water partition coefficient (Wildman–Crippen LogP) is 1.92. The molecule has 0 aliphatic carbocycles. The van der Waals surface area contributed by atoms with Crippen LogP contribution in [0, 0.1) is 0 Å². The predicted molar refractivity (Wildman–Crippen MR) is 64.9 cm³/mol. The first-order valence-corrected chi connectivity index (χ1v) is 5.34. The minimum absolute atomic E-state index is 0.595. The second-order valence-corrected chi connectivity index (χ2v) is 3.67.